The van der Waals surface area contributed by atoms with Gasteiger partial charge < -0.3 is 24.5 Å². The molecule has 2 aromatic heterocycles. The number of hydrogen-bond acceptors (Lipinski definition) is 8. The summed E-state index contributed by atoms with van der Waals surface area (Å²) in [6.07, 6.45) is -4.42. The molecule has 1 aliphatic rings. The standard InChI is InChI=1S/C20H22F3N3O6S/c1-19(2,3)32-13(27)6-24-16(29)14-15(28)11-8-31-5-4-12(11)26(17(14)30)7-10-9-33-18(25-10)20(21,22)23/h9,28H,4-8H2,1-3H3,(H,24,29). The largest absolute Gasteiger partial charge is 0.506 e. The van der Waals surface area contributed by atoms with Gasteiger partial charge in [0.05, 0.1) is 25.5 Å². The first kappa shape index (κ1) is 24.7. The molecule has 2 aromatic rings. The summed E-state index contributed by atoms with van der Waals surface area (Å²) in [6, 6.07) is 0. The van der Waals surface area contributed by atoms with Gasteiger partial charge in [-0.1, -0.05) is 0 Å². The molecule has 0 aliphatic carbocycles. The Morgan fingerprint density at radius 2 is 2.03 bits per heavy atom. The molecule has 3 rings (SSSR count). The maximum atomic E-state index is 13.1. The number of esters is 1. The number of alkyl halides is 3. The fourth-order valence-corrected chi connectivity index (χ4v) is 3.93. The van der Waals surface area contributed by atoms with Crippen LogP contribution in [0.5, 0.6) is 5.75 Å². The van der Waals surface area contributed by atoms with Crippen LogP contribution in [0.3, 0.4) is 0 Å². The summed E-state index contributed by atoms with van der Waals surface area (Å²) >= 11 is 0.392. The Morgan fingerprint density at radius 3 is 2.64 bits per heavy atom. The van der Waals surface area contributed by atoms with Gasteiger partial charge in [-0.15, -0.1) is 11.3 Å². The third-order valence-corrected chi connectivity index (χ3v) is 5.48. The van der Waals surface area contributed by atoms with Gasteiger partial charge in [-0.2, -0.15) is 13.2 Å². The molecule has 0 bridgehead atoms. The summed E-state index contributed by atoms with van der Waals surface area (Å²) in [5.41, 5.74) is -1.86. The number of fused-ring (bicyclic) bond motifs is 1. The van der Waals surface area contributed by atoms with Gasteiger partial charge in [-0.05, 0) is 20.8 Å². The van der Waals surface area contributed by atoms with E-state index < -0.39 is 52.1 Å². The van der Waals surface area contributed by atoms with Crippen LogP contribution >= 0.6 is 11.3 Å². The van der Waals surface area contributed by atoms with Crippen molar-refractivity contribution in [1.29, 1.82) is 0 Å². The molecule has 0 fully saturated rings. The summed E-state index contributed by atoms with van der Waals surface area (Å²) in [5.74, 6) is -2.37. The SMILES string of the molecule is CC(C)(C)OC(=O)CNC(=O)c1c(O)c2c(n(Cc3csc(C(F)(F)F)n3)c1=O)CCOC2. The average molecular weight is 489 g/mol. The Morgan fingerprint density at radius 1 is 1.33 bits per heavy atom. The molecule has 33 heavy (non-hydrogen) atoms. The summed E-state index contributed by atoms with van der Waals surface area (Å²) < 4.78 is 50.2. The monoisotopic (exact) mass is 489 g/mol. The Balaban J connectivity index is 1.95. The number of ether oxygens (including phenoxy) is 2. The minimum atomic E-state index is -4.62. The maximum Gasteiger partial charge on any atom is 0.443 e. The molecule has 0 saturated heterocycles. The summed E-state index contributed by atoms with van der Waals surface area (Å²) in [4.78, 5) is 41.2. The van der Waals surface area contributed by atoms with Gasteiger partial charge in [0, 0.05) is 23.1 Å². The molecule has 0 radical (unpaired) electrons. The molecular formula is C20H22F3N3O6S. The number of aromatic nitrogens is 2. The van der Waals surface area contributed by atoms with E-state index in [0.717, 1.165) is 4.57 Å². The number of hydrogen-bond donors (Lipinski definition) is 2. The number of carbonyl (C=O) groups excluding carboxylic acids is 2. The quantitative estimate of drug-likeness (QED) is 0.618. The predicted octanol–water partition coefficient (Wildman–Crippen LogP) is 2.22. The van der Waals surface area contributed by atoms with Crippen molar-refractivity contribution in [1.82, 2.24) is 14.9 Å². The number of thiazole rings is 1. The first-order chi connectivity index (χ1) is 15.3. The van der Waals surface area contributed by atoms with Crippen molar-refractivity contribution in [2.45, 2.75) is 52.1 Å². The first-order valence-corrected chi connectivity index (χ1v) is 10.7. The van der Waals surface area contributed by atoms with E-state index >= 15 is 0 Å². The van der Waals surface area contributed by atoms with Crippen molar-refractivity contribution in [3.05, 3.63) is 43.3 Å². The van der Waals surface area contributed by atoms with Gasteiger partial charge in [0.2, 0.25) is 0 Å². The van der Waals surface area contributed by atoms with Gasteiger partial charge >= 0.3 is 12.1 Å². The van der Waals surface area contributed by atoms with E-state index in [-0.39, 0.29) is 37.4 Å². The number of halogens is 3. The highest BCUT2D eigenvalue weighted by atomic mass is 32.1. The van der Waals surface area contributed by atoms with Crippen LogP contribution in [0, 0.1) is 0 Å². The molecule has 0 saturated carbocycles. The van der Waals surface area contributed by atoms with Gasteiger partial charge in [-0.25, -0.2) is 4.98 Å². The van der Waals surface area contributed by atoms with Gasteiger partial charge in [0.15, 0.2) is 5.01 Å². The van der Waals surface area contributed by atoms with Crippen LogP contribution < -0.4 is 10.9 Å². The lowest BCUT2D eigenvalue weighted by Gasteiger charge is -2.24. The highest BCUT2D eigenvalue weighted by molar-refractivity contribution is 7.09. The van der Waals surface area contributed by atoms with E-state index in [0.29, 0.717) is 17.0 Å². The highest BCUT2D eigenvalue weighted by Crippen LogP contribution is 2.32. The van der Waals surface area contributed by atoms with Crippen molar-refractivity contribution in [2.24, 2.45) is 0 Å². The van der Waals surface area contributed by atoms with Crippen LogP contribution in [-0.4, -0.2) is 45.3 Å². The molecule has 9 nitrogen and oxygen atoms in total. The maximum absolute atomic E-state index is 13.1. The lowest BCUT2D eigenvalue weighted by atomic mass is 10.0. The van der Waals surface area contributed by atoms with Gasteiger partial charge in [-0.3, -0.25) is 14.4 Å². The minimum absolute atomic E-state index is 0.0195. The smallest absolute Gasteiger partial charge is 0.443 e. The van der Waals surface area contributed by atoms with E-state index in [4.69, 9.17) is 9.47 Å². The number of amides is 1. The van der Waals surface area contributed by atoms with Crippen molar-refractivity contribution >= 4 is 23.2 Å². The Labute approximate surface area is 190 Å². The van der Waals surface area contributed by atoms with Gasteiger partial charge in [0.25, 0.3) is 11.5 Å². The normalized spacial score (nSPS) is 14.0. The number of aromatic hydroxyl groups is 1. The number of nitrogens with one attached hydrogen (secondary N) is 1. The molecule has 2 N–H and O–H groups in total. The molecule has 1 amide bonds. The lowest BCUT2D eigenvalue weighted by Crippen LogP contribution is -2.39. The van der Waals surface area contributed by atoms with Crippen molar-refractivity contribution in [2.75, 3.05) is 13.2 Å². The zero-order valence-electron chi connectivity index (χ0n) is 18.0. The zero-order chi connectivity index (χ0) is 24.6. The summed E-state index contributed by atoms with van der Waals surface area (Å²) in [5, 5.41) is 13.0. The van der Waals surface area contributed by atoms with Crippen LogP contribution in [0.1, 0.15) is 53.1 Å². The molecule has 0 unspecified atom stereocenters. The van der Waals surface area contributed by atoms with E-state index in [9.17, 15) is 32.7 Å². The molecule has 13 heteroatoms. The second-order valence-corrected chi connectivity index (χ2v) is 9.11. The average Bonchev–Trinajstić information content (AvgIpc) is 3.18. The topological polar surface area (TPSA) is 120 Å². The molecular weight excluding hydrogens is 467 g/mol. The predicted molar refractivity (Wildman–Crippen MR) is 110 cm³/mol. The van der Waals surface area contributed by atoms with E-state index in [1.165, 1.54) is 5.38 Å². The second-order valence-electron chi connectivity index (χ2n) is 8.25. The number of pyridine rings is 1. The lowest BCUT2D eigenvalue weighted by molar-refractivity contribution is -0.153. The van der Waals surface area contributed by atoms with Crippen LogP contribution in [-0.2, 0) is 40.0 Å². The van der Waals surface area contributed by atoms with E-state index in [2.05, 4.69) is 10.3 Å². The van der Waals surface area contributed by atoms with Crippen LogP contribution in [0.15, 0.2) is 10.2 Å². The molecule has 3 heterocycles. The fourth-order valence-electron chi connectivity index (χ4n) is 3.25. The number of nitrogens with zero attached hydrogens (tertiary/aromatic N) is 2. The third-order valence-electron chi connectivity index (χ3n) is 4.54. The van der Waals surface area contributed by atoms with Crippen LogP contribution in [0.4, 0.5) is 13.2 Å². The van der Waals surface area contributed by atoms with Crippen molar-refractivity contribution < 1.29 is 37.3 Å². The Bertz CT molecular complexity index is 1130. The van der Waals surface area contributed by atoms with Gasteiger partial charge in [0.1, 0.15) is 23.5 Å². The molecule has 0 aromatic carbocycles. The van der Waals surface area contributed by atoms with E-state index in [1.54, 1.807) is 20.8 Å². The minimum Gasteiger partial charge on any atom is -0.506 e. The summed E-state index contributed by atoms with van der Waals surface area (Å²) in [7, 11) is 0. The van der Waals surface area contributed by atoms with E-state index in [1.807, 2.05) is 0 Å². The molecule has 1 aliphatic heterocycles. The molecule has 180 valence electrons. The number of rotatable bonds is 5. The second kappa shape index (κ2) is 9.14. The van der Waals surface area contributed by atoms with Crippen LogP contribution in [0.2, 0.25) is 0 Å². The Kier molecular flexibility index (Phi) is 6.84. The van der Waals surface area contributed by atoms with Crippen molar-refractivity contribution in [3.8, 4) is 5.75 Å². The fraction of sp³-hybridized carbons (Fsp3) is 0.500. The third kappa shape index (κ3) is 5.71. The summed E-state index contributed by atoms with van der Waals surface area (Å²) in [6.45, 7) is 4.17. The molecule has 0 spiro atoms. The van der Waals surface area contributed by atoms with Crippen molar-refractivity contribution in [3.63, 3.8) is 0 Å². The number of carbonyl (C=O) groups is 2. The highest BCUT2D eigenvalue weighted by Gasteiger charge is 2.35. The van der Waals surface area contributed by atoms with Crippen LogP contribution in [0.25, 0.3) is 0 Å². The first-order valence-electron chi connectivity index (χ1n) is 9.85. The zero-order valence-corrected chi connectivity index (χ0v) is 18.9. The Hall–Kier alpha value is -2.93. The molecule has 0 atom stereocenters.